The molecule has 0 saturated heterocycles. The molecule has 0 heterocycles. The molecule has 1 amide bonds. The maximum atomic E-state index is 12.0. The zero-order chi connectivity index (χ0) is 17.1. The largest absolute Gasteiger partial charge is 0.480 e. The maximum absolute atomic E-state index is 12.0. The highest BCUT2D eigenvalue weighted by atomic mass is 16.5. The van der Waals surface area contributed by atoms with Crippen LogP contribution in [0.3, 0.4) is 0 Å². The number of benzene rings is 1. The molecular weight excluding hydrogens is 296 g/mol. The Labute approximate surface area is 137 Å². The summed E-state index contributed by atoms with van der Waals surface area (Å²) in [4.78, 5) is 23.1. The third kappa shape index (κ3) is 7.76. The molecular formula is C17H26N2O4. The van der Waals surface area contributed by atoms with E-state index in [0.717, 1.165) is 19.3 Å². The van der Waals surface area contributed by atoms with E-state index in [1.54, 1.807) is 0 Å². The van der Waals surface area contributed by atoms with E-state index in [1.807, 2.05) is 24.3 Å². The lowest BCUT2D eigenvalue weighted by molar-refractivity contribution is -0.141. The first-order valence-corrected chi connectivity index (χ1v) is 7.90. The molecule has 0 bridgehead atoms. The molecule has 3 N–H and O–H groups in total. The smallest absolute Gasteiger partial charge is 0.321 e. The van der Waals surface area contributed by atoms with Crippen LogP contribution in [0.5, 0.6) is 0 Å². The van der Waals surface area contributed by atoms with Crippen LogP contribution in [-0.4, -0.2) is 43.3 Å². The monoisotopic (exact) mass is 322 g/mol. The summed E-state index contributed by atoms with van der Waals surface area (Å²) in [5, 5.41) is 14.6. The van der Waals surface area contributed by atoms with Gasteiger partial charge in [-0.15, -0.1) is 0 Å². The normalized spacial score (nSPS) is 11.9. The summed E-state index contributed by atoms with van der Waals surface area (Å²) in [5.41, 5.74) is 1.91. The van der Waals surface area contributed by atoms with Gasteiger partial charge in [0.1, 0.15) is 6.04 Å². The Bertz CT molecular complexity index is 488. The second kappa shape index (κ2) is 10.7. The van der Waals surface area contributed by atoms with Gasteiger partial charge in [-0.2, -0.15) is 0 Å². The molecule has 0 saturated carbocycles. The van der Waals surface area contributed by atoms with Crippen LogP contribution in [0.4, 0.5) is 5.69 Å². The number of unbranched alkanes of at least 4 members (excludes halogenated alkanes) is 1. The van der Waals surface area contributed by atoms with Crippen molar-refractivity contribution in [1.82, 2.24) is 5.32 Å². The third-order valence-electron chi connectivity index (χ3n) is 3.44. The molecule has 1 aromatic carbocycles. The molecule has 1 aromatic rings. The van der Waals surface area contributed by atoms with Gasteiger partial charge in [-0.3, -0.25) is 9.59 Å². The van der Waals surface area contributed by atoms with Crippen molar-refractivity contribution >= 4 is 17.6 Å². The number of hydrogen-bond acceptors (Lipinski definition) is 4. The summed E-state index contributed by atoms with van der Waals surface area (Å²) in [7, 11) is 1.54. The lowest BCUT2D eigenvalue weighted by Gasteiger charge is -2.14. The van der Waals surface area contributed by atoms with Gasteiger partial charge >= 0.3 is 5.97 Å². The molecule has 0 fully saturated rings. The first-order valence-electron chi connectivity index (χ1n) is 7.90. The molecule has 128 valence electrons. The molecule has 6 heteroatoms. The van der Waals surface area contributed by atoms with Crippen molar-refractivity contribution in [2.75, 3.05) is 25.6 Å². The number of hydrogen-bond donors (Lipinski definition) is 3. The number of amides is 1. The second-order valence-electron chi connectivity index (χ2n) is 5.39. The SMILES string of the molecule is CCCCc1ccc(NC(=O)CC(NCCOC)C(=O)O)cc1. The molecule has 1 unspecified atom stereocenters. The van der Waals surface area contributed by atoms with E-state index in [0.29, 0.717) is 18.8 Å². The van der Waals surface area contributed by atoms with Gasteiger partial charge in [0.25, 0.3) is 0 Å². The van der Waals surface area contributed by atoms with Crippen molar-refractivity contribution < 1.29 is 19.4 Å². The highest BCUT2D eigenvalue weighted by Crippen LogP contribution is 2.12. The second-order valence-corrected chi connectivity index (χ2v) is 5.39. The fraction of sp³-hybridized carbons (Fsp3) is 0.529. The van der Waals surface area contributed by atoms with E-state index < -0.39 is 12.0 Å². The lowest BCUT2D eigenvalue weighted by atomic mass is 10.1. The van der Waals surface area contributed by atoms with Crippen LogP contribution < -0.4 is 10.6 Å². The number of anilines is 1. The number of aliphatic carboxylic acids is 1. The standard InChI is InChI=1S/C17H26N2O4/c1-3-4-5-13-6-8-14(9-7-13)19-16(20)12-15(17(21)22)18-10-11-23-2/h6-9,15,18H,3-5,10-12H2,1-2H3,(H,19,20)(H,21,22). The average Bonchev–Trinajstić information content (AvgIpc) is 2.53. The van der Waals surface area contributed by atoms with Crippen molar-refractivity contribution in [3.8, 4) is 0 Å². The summed E-state index contributed by atoms with van der Waals surface area (Å²) in [6, 6.07) is 6.73. The number of rotatable bonds is 11. The minimum Gasteiger partial charge on any atom is -0.480 e. The maximum Gasteiger partial charge on any atom is 0.321 e. The Morgan fingerprint density at radius 2 is 1.96 bits per heavy atom. The van der Waals surface area contributed by atoms with Gasteiger partial charge in [0, 0.05) is 19.3 Å². The number of nitrogens with one attached hydrogen (secondary N) is 2. The number of carboxylic acid groups (broad SMARTS) is 1. The zero-order valence-electron chi connectivity index (χ0n) is 13.8. The first-order chi connectivity index (χ1) is 11.1. The van der Waals surface area contributed by atoms with E-state index in [9.17, 15) is 9.59 Å². The van der Waals surface area contributed by atoms with Crippen LogP contribution in [0.15, 0.2) is 24.3 Å². The molecule has 0 radical (unpaired) electrons. The fourth-order valence-electron chi connectivity index (χ4n) is 2.12. The van der Waals surface area contributed by atoms with Crippen molar-refractivity contribution in [1.29, 1.82) is 0 Å². The summed E-state index contributed by atoms with van der Waals surface area (Å²) in [6.07, 6.45) is 3.18. The molecule has 6 nitrogen and oxygen atoms in total. The van der Waals surface area contributed by atoms with E-state index in [2.05, 4.69) is 17.6 Å². The van der Waals surface area contributed by atoms with Gasteiger partial charge in [-0.1, -0.05) is 25.5 Å². The Kier molecular flexibility index (Phi) is 8.94. The summed E-state index contributed by atoms with van der Waals surface area (Å²) in [5.74, 6) is -1.38. The molecule has 0 aliphatic rings. The van der Waals surface area contributed by atoms with Crippen molar-refractivity contribution in [2.45, 2.75) is 38.6 Å². The van der Waals surface area contributed by atoms with Gasteiger partial charge in [0.15, 0.2) is 0 Å². The molecule has 0 aliphatic carbocycles. The lowest BCUT2D eigenvalue weighted by Crippen LogP contribution is -2.41. The van der Waals surface area contributed by atoms with Crippen LogP contribution >= 0.6 is 0 Å². The number of carboxylic acids is 1. The Balaban J connectivity index is 2.48. The fourth-order valence-corrected chi connectivity index (χ4v) is 2.12. The topological polar surface area (TPSA) is 87.7 Å². The Hall–Kier alpha value is -1.92. The van der Waals surface area contributed by atoms with Gasteiger partial charge < -0.3 is 20.5 Å². The van der Waals surface area contributed by atoms with E-state index in [4.69, 9.17) is 9.84 Å². The van der Waals surface area contributed by atoms with Crippen LogP contribution in [-0.2, 0) is 20.7 Å². The molecule has 1 rings (SSSR count). The predicted molar refractivity (Wildman–Crippen MR) is 89.6 cm³/mol. The number of carbonyl (C=O) groups excluding carboxylic acids is 1. The Morgan fingerprint density at radius 1 is 1.26 bits per heavy atom. The van der Waals surface area contributed by atoms with Gasteiger partial charge in [-0.25, -0.2) is 0 Å². The molecule has 1 atom stereocenters. The average molecular weight is 322 g/mol. The summed E-state index contributed by atoms with van der Waals surface area (Å²) in [6.45, 7) is 2.92. The zero-order valence-corrected chi connectivity index (χ0v) is 13.8. The highest BCUT2D eigenvalue weighted by molar-refractivity contribution is 5.94. The minimum atomic E-state index is -1.05. The summed E-state index contributed by atoms with van der Waals surface area (Å²) < 4.78 is 4.86. The Morgan fingerprint density at radius 3 is 2.52 bits per heavy atom. The quantitative estimate of drug-likeness (QED) is 0.543. The number of methoxy groups -OCH3 is 1. The van der Waals surface area contributed by atoms with E-state index in [1.165, 1.54) is 12.7 Å². The van der Waals surface area contributed by atoms with Gasteiger partial charge in [-0.05, 0) is 30.5 Å². The minimum absolute atomic E-state index is 0.128. The van der Waals surface area contributed by atoms with Crippen molar-refractivity contribution in [3.05, 3.63) is 29.8 Å². The molecule has 0 spiro atoms. The van der Waals surface area contributed by atoms with E-state index >= 15 is 0 Å². The summed E-state index contributed by atoms with van der Waals surface area (Å²) >= 11 is 0. The molecule has 0 aromatic heterocycles. The number of ether oxygens (including phenoxy) is 1. The van der Waals surface area contributed by atoms with Crippen molar-refractivity contribution in [3.63, 3.8) is 0 Å². The van der Waals surface area contributed by atoms with E-state index in [-0.39, 0.29) is 12.3 Å². The van der Waals surface area contributed by atoms with Crippen LogP contribution in [0.2, 0.25) is 0 Å². The molecule has 0 aliphatic heterocycles. The first kappa shape index (κ1) is 19.1. The van der Waals surface area contributed by atoms with Gasteiger partial charge in [0.2, 0.25) is 5.91 Å². The van der Waals surface area contributed by atoms with Crippen molar-refractivity contribution in [2.24, 2.45) is 0 Å². The predicted octanol–water partition coefficient (Wildman–Crippen LogP) is 2.05. The van der Waals surface area contributed by atoms with Crippen LogP contribution in [0.25, 0.3) is 0 Å². The van der Waals surface area contributed by atoms with Crippen LogP contribution in [0, 0.1) is 0 Å². The highest BCUT2D eigenvalue weighted by Gasteiger charge is 2.20. The third-order valence-corrected chi connectivity index (χ3v) is 3.44. The molecule has 23 heavy (non-hydrogen) atoms. The number of aryl methyl sites for hydroxylation is 1. The number of carbonyl (C=O) groups is 2. The van der Waals surface area contributed by atoms with Gasteiger partial charge in [0.05, 0.1) is 13.0 Å². The van der Waals surface area contributed by atoms with Crippen LogP contribution in [0.1, 0.15) is 31.7 Å².